The summed E-state index contributed by atoms with van der Waals surface area (Å²) in [5, 5.41) is 5.53. The van der Waals surface area contributed by atoms with E-state index in [1.54, 1.807) is 0 Å². The van der Waals surface area contributed by atoms with E-state index in [0.29, 0.717) is 32.2 Å². The van der Waals surface area contributed by atoms with Gasteiger partial charge in [-0.1, -0.05) is 32.0 Å². The first-order valence-corrected chi connectivity index (χ1v) is 7.46. The summed E-state index contributed by atoms with van der Waals surface area (Å²) in [6, 6.07) is 9.36. The van der Waals surface area contributed by atoms with Gasteiger partial charge in [0.1, 0.15) is 12.4 Å². The average Bonchev–Trinajstić information content (AvgIpc) is 2.48. The van der Waals surface area contributed by atoms with Gasteiger partial charge in [0.25, 0.3) is 0 Å². The number of hydrogen-bond acceptors (Lipinski definition) is 3. The van der Waals surface area contributed by atoms with Crippen LogP contribution in [0, 0.1) is 5.92 Å². The third-order valence-corrected chi connectivity index (χ3v) is 2.60. The lowest BCUT2D eigenvalue weighted by molar-refractivity contribution is 0.108. The van der Waals surface area contributed by atoms with Crippen LogP contribution in [0.1, 0.15) is 20.3 Å². The predicted octanol–water partition coefficient (Wildman–Crippen LogP) is 2.43. The van der Waals surface area contributed by atoms with Crippen molar-refractivity contribution in [2.75, 3.05) is 32.9 Å². The molecule has 0 radical (unpaired) electrons. The molecule has 0 aromatic heterocycles. The standard InChI is InChI=1S/C16H26N2O3/c1-14(2)13-20-11-6-9-17-16(19)18-10-12-21-15-7-4-3-5-8-15/h3-5,7-8,14H,6,9-13H2,1-2H3,(H2,17,18,19). The minimum absolute atomic E-state index is 0.171. The van der Waals surface area contributed by atoms with Crippen molar-refractivity contribution >= 4 is 6.03 Å². The molecule has 118 valence electrons. The zero-order valence-electron chi connectivity index (χ0n) is 12.9. The number of ether oxygens (including phenoxy) is 2. The second kappa shape index (κ2) is 11.0. The van der Waals surface area contributed by atoms with Gasteiger partial charge in [-0.2, -0.15) is 0 Å². The van der Waals surface area contributed by atoms with Gasteiger partial charge in [0.2, 0.25) is 0 Å². The molecule has 0 aliphatic carbocycles. The maximum Gasteiger partial charge on any atom is 0.314 e. The third-order valence-electron chi connectivity index (χ3n) is 2.60. The average molecular weight is 294 g/mol. The van der Waals surface area contributed by atoms with Crippen LogP contribution >= 0.6 is 0 Å². The Hall–Kier alpha value is -1.75. The third kappa shape index (κ3) is 9.73. The number of amides is 2. The molecule has 5 heteroatoms. The number of para-hydroxylation sites is 1. The Morgan fingerprint density at radius 2 is 1.81 bits per heavy atom. The van der Waals surface area contributed by atoms with Crippen LogP contribution in [-0.2, 0) is 4.74 Å². The van der Waals surface area contributed by atoms with Gasteiger partial charge in [-0.05, 0) is 24.5 Å². The molecule has 0 saturated heterocycles. The molecule has 0 unspecified atom stereocenters. The highest BCUT2D eigenvalue weighted by Crippen LogP contribution is 2.07. The highest BCUT2D eigenvalue weighted by molar-refractivity contribution is 5.73. The summed E-state index contributed by atoms with van der Waals surface area (Å²) in [5.41, 5.74) is 0. The molecule has 0 aliphatic rings. The fourth-order valence-electron chi connectivity index (χ4n) is 1.61. The summed E-state index contributed by atoms with van der Waals surface area (Å²) in [4.78, 5) is 11.5. The molecule has 0 heterocycles. The van der Waals surface area contributed by atoms with Crippen LogP contribution in [0.4, 0.5) is 4.79 Å². The van der Waals surface area contributed by atoms with E-state index in [1.165, 1.54) is 0 Å². The first-order valence-electron chi connectivity index (χ1n) is 7.46. The van der Waals surface area contributed by atoms with E-state index in [9.17, 15) is 4.79 Å². The fraction of sp³-hybridized carbons (Fsp3) is 0.562. The lowest BCUT2D eigenvalue weighted by Crippen LogP contribution is -2.38. The van der Waals surface area contributed by atoms with E-state index >= 15 is 0 Å². The summed E-state index contributed by atoms with van der Waals surface area (Å²) in [6.07, 6.45) is 0.820. The van der Waals surface area contributed by atoms with Crippen molar-refractivity contribution in [3.05, 3.63) is 30.3 Å². The second-order valence-electron chi connectivity index (χ2n) is 5.17. The molecule has 0 fully saturated rings. The largest absolute Gasteiger partial charge is 0.492 e. The van der Waals surface area contributed by atoms with Gasteiger partial charge in [0.05, 0.1) is 6.54 Å². The van der Waals surface area contributed by atoms with E-state index in [-0.39, 0.29) is 6.03 Å². The van der Waals surface area contributed by atoms with Crippen molar-refractivity contribution < 1.29 is 14.3 Å². The predicted molar refractivity (Wildman–Crippen MR) is 83.6 cm³/mol. The van der Waals surface area contributed by atoms with Crippen LogP contribution in [0.15, 0.2) is 30.3 Å². The summed E-state index contributed by atoms with van der Waals surface area (Å²) in [5.74, 6) is 1.35. The molecular weight excluding hydrogens is 268 g/mol. The lowest BCUT2D eigenvalue weighted by atomic mass is 10.2. The number of rotatable bonds is 10. The highest BCUT2D eigenvalue weighted by Gasteiger charge is 1.99. The SMILES string of the molecule is CC(C)COCCCNC(=O)NCCOc1ccccc1. The smallest absolute Gasteiger partial charge is 0.314 e. The van der Waals surface area contributed by atoms with Crippen molar-refractivity contribution in [2.24, 2.45) is 5.92 Å². The van der Waals surface area contributed by atoms with Crippen molar-refractivity contribution in [1.82, 2.24) is 10.6 Å². The Labute approximate surface area is 127 Å². The highest BCUT2D eigenvalue weighted by atomic mass is 16.5. The number of carbonyl (C=O) groups is 1. The molecule has 1 aromatic rings. The van der Waals surface area contributed by atoms with Gasteiger partial charge >= 0.3 is 6.03 Å². The zero-order chi connectivity index (χ0) is 15.3. The van der Waals surface area contributed by atoms with E-state index in [4.69, 9.17) is 9.47 Å². The van der Waals surface area contributed by atoms with Crippen molar-refractivity contribution in [3.63, 3.8) is 0 Å². The van der Waals surface area contributed by atoms with Crippen LogP contribution < -0.4 is 15.4 Å². The van der Waals surface area contributed by atoms with Gasteiger partial charge in [0.15, 0.2) is 0 Å². The van der Waals surface area contributed by atoms with Crippen LogP contribution in [0.3, 0.4) is 0 Å². The maximum absolute atomic E-state index is 11.5. The number of hydrogen-bond donors (Lipinski definition) is 2. The summed E-state index contributed by atoms with van der Waals surface area (Å²) in [6.45, 7) is 7.22. The van der Waals surface area contributed by atoms with Gasteiger partial charge in [0, 0.05) is 19.8 Å². The van der Waals surface area contributed by atoms with E-state index < -0.39 is 0 Å². The van der Waals surface area contributed by atoms with Crippen LogP contribution in [0.2, 0.25) is 0 Å². The molecular formula is C16H26N2O3. The van der Waals surface area contributed by atoms with E-state index in [2.05, 4.69) is 24.5 Å². The number of benzene rings is 1. The zero-order valence-corrected chi connectivity index (χ0v) is 12.9. The van der Waals surface area contributed by atoms with Crippen molar-refractivity contribution in [2.45, 2.75) is 20.3 Å². The van der Waals surface area contributed by atoms with E-state index in [0.717, 1.165) is 18.8 Å². The van der Waals surface area contributed by atoms with Crippen molar-refractivity contribution in [1.29, 1.82) is 0 Å². The summed E-state index contributed by atoms with van der Waals surface area (Å²) >= 11 is 0. The monoisotopic (exact) mass is 294 g/mol. The summed E-state index contributed by atoms with van der Waals surface area (Å²) < 4.78 is 10.9. The Morgan fingerprint density at radius 3 is 2.52 bits per heavy atom. The molecule has 0 atom stereocenters. The fourth-order valence-corrected chi connectivity index (χ4v) is 1.61. The Balaban J connectivity index is 1.92. The molecule has 5 nitrogen and oxygen atoms in total. The Bertz CT molecular complexity index is 382. The molecule has 0 bridgehead atoms. The Morgan fingerprint density at radius 1 is 1.10 bits per heavy atom. The van der Waals surface area contributed by atoms with Gasteiger partial charge in [-0.25, -0.2) is 4.79 Å². The molecule has 1 aromatic carbocycles. The number of nitrogens with one attached hydrogen (secondary N) is 2. The van der Waals surface area contributed by atoms with Gasteiger partial charge in [-0.15, -0.1) is 0 Å². The van der Waals surface area contributed by atoms with Crippen LogP contribution in [-0.4, -0.2) is 38.9 Å². The van der Waals surface area contributed by atoms with Crippen molar-refractivity contribution in [3.8, 4) is 5.75 Å². The molecule has 2 N–H and O–H groups in total. The summed E-state index contributed by atoms with van der Waals surface area (Å²) in [7, 11) is 0. The normalized spacial score (nSPS) is 10.4. The number of urea groups is 1. The van der Waals surface area contributed by atoms with Crippen LogP contribution in [0.25, 0.3) is 0 Å². The molecule has 21 heavy (non-hydrogen) atoms. The molecule has 0 aliphatic heterocycles. The molecule has 0 saturated carbocycles. The van der Waals surface area contributed by atoms with E-state index in [1.807, 2.05) is 30.3 Å². The minimum Gasteiger partial charge on any atom is -0.492 e. The van der Waals surface area contributed by atoms with Gasteiger partial charge < -0.3 is 20.1 Å². The molecule has 0 spiro atoms. The minimum atomic E-state index is -0.171. The lowest BCUT2D eigenvalue weighted by Gasteiger charge is -2.09. The van der Waals surface area contributed by atoms with Crippen LogP contribution in [0.5, 0.6) is 5.75 Å². The molecule has 1 rings (SSSR count). The first-order chi connectivity index (χ1) is 10.2. The topological polar surface area (TPSA) is 59.6 Å². The first kappa shape index (κ1) is 17.3. The second-order valence-corrected chi connectivity index (χ2v) is 5.17. The maximum atomic E-state index is 11.5. The Kier molecular flexibility index (Phi) is 9.04. The van der Waals surface area contributed by atoms with Gasteiger partial charge in [-0.3, -0.25) is 0 Å². The molecule has 2 amide bonds. The quantitative estimate of drug-likeness (QED) is 0.652. The number of carbonyl (C=O) groups excluding carboxylic acids is 1.